The van der Waals surface area contributed by atoms with Gasteiger partial charge in [0.15, 0.2) is 0 Å². The van der Waals surface area contributed by atoms with Crippen LogP contribution in [0.2, 0.25) is 0 Å². The van der Waals surface area contributed by atoms with E-state index in [1.807, 2.05) is 13.8 Å². The summed E-state index contributed by atoms with van der Waals surface area (Å²) in [6.07, 6.45) is -0.550. The van der Waals surface area contributed by atoms with Gasteiger partial charge in [-0.15, -0.1) is 0 Å². The second kappa shape index (κ2) is 4.49. The minimum Gasteiger partial charge on any atom is -0.391 e. The molecular formula is C11H22N2O2. The van der Waals surface area contributed by atoms with Gasteiger partial charge < -0.3 is 15.7 Å². The maximum absolute atomic E-state index is 11.9. The van der Waals surface area contributed by atoms with Gasteiger partial charge in [-0.2, -0.15) is 0 Å². The number of aliphatic hydroxyl groups is 1. The highest BCUT2D eigenvalue weighted by Gasteiger charge is 2.34. The average molecular weight is 214 g/mol. The Hall–Kier alpha value is -0.610. The summed E-state index contributed by atoms with van der Waals surface area (Å²) < 4.78 is 0. The zero-order valence-electron chi connectivity index (χ0n) is 10.0. The van der Waals surface area contributed by atoms with E-state index in [4.69, 9.17) is 0 Å². The van der Waals surface area contributed by atoms with Crippen LogP contribution in [0.3, 0.4) is 0 Å². The number of nitrogens with one attached hydrogen (secondary N) is 2. The molecule has 3 N–H and O–H groups in total. The first-order chi connectivity index (χ1) is 6.84. The molecule has 0 radical (unpaired) electrons. The van der Waals surface area contributed by atoms with Crippen LogP contribution in [0, 0.1) is 11.8 Å². The summed E-state index contributed by atoms with van der Waals surface area (Å²) in [7, 11) is 0. The molecule has 1 aliphatic heterocycles. The topological polar surface area (TPSA) is 61.4 Å². The molecule has 0 saturated carbocycles. The summed E-state index contributed by atoms with van der Waals surface area (Å²) >= 11 is 0. The lowest BCUT2D eigenvalue weighted by atomic mass is 9.93. The van der Waals surface area contributed by atoms with E-state index in [2.05, 4.69) is 17.6 Å². The molecular weight excluding hydrogens is 192 g/mol. The van der Waals surface area contributed by atoms with Gasteiger partial charge in [0.25, 0.3) is 0 Å². The highest BCUT2D eigenvalue weighted by molar-refractivity contribution is 5.80. The van der Waals surface area contributed by atoms with Crippen molar-refractivity contribution in [3.63, 3.8) is 0 Å². The summed E-state index contributed by atoms with van der Waals surface area (Å²) in [4.78, 5) is 11.9. The van der Waals surface area contributed by atoms with E-state index in [-0.39, 0.29) is 11.8 Å². The van der Waals surface area contributed by atoms with E-state index in [0.29, 0.717) is 5.92 Å². The summed E-state index contributed by atoms with van der Waals surface area (Å²) in [6, 6.07) is 0. The molecule has 1 rings (SSSR count). The third kappa shape index (κ3) is 2.92. The highest BCUT2D eigenvalue weighted by Crippen LogP contribution is 2.18. The first-order valence-electron chi connectivity index (χ1n) is 5.55. The third-order valence-electron chi connectivity index (χ3n) is 3.34. The van der Waals surface area contributed by atoms with Gasteiger partial charge in [-0.25, -0.2) is 0 Å². The van der Waals surface area contributed by atoms with Gasteiger partial charge in [-0.3, -0.25) is 4.79 Å². The van der Waals surface area contributed by atoms with Crippen LogP contribution in [-0.4, -0.2) is 35.7 Å². The largest absolute Gasteiger partial charge is 0.391 e. The number of carbonyl (C=O) groups is 1. The molecule has 0 bridgehead atoms. The maximum atomic E-state index is 11.9. The molecule has 4 nitrogen and oxygen atoms in total. The standard InChI is InChI=1S/C11H22N2O2/c1-7-5-12-6-9(7)10(15)13-11(3,4)8(2)14/h7-9,12,14H,5-6H2,1-4H3,(H,13,15)/t7-,8?,9-/m1/s1. The van der Waals surface area contributed by atoms with Gasteiger partial charge in [0.1, 0.15) is 0 Å². The first kappa shape index (κ1) is 12.5. The lowest BCUT2D eigenvalue weighted by Gasteiger charge is -2.31. The molecule has 0 aromatic rings. The van der Waals surface area contributed by atoms with E-state index in [1.54, 1.807) is 6.92 Å². The van der Waals surface area contributed by atoms with Gasteiger partial charge >= 0.3 is 0 Å². The average Bonchev–Trinajstić information content (AvgIpc) is 2.50. The van der Waals surface area contributed by atoms with Gasteiger partial charge in [0.2, 0.25) is 5.91 Å². The van der Waals surface area contributed by atoms with Crippen molar-refractivity contribution >= 4 is 5.91 Å². The van der Waals surface area contributed by atoms with E-state index < -0.39 is 11.6 Å². The Morgan fingerprint density at radius 2 is 2.13 bits per heavy atom. The first-order valence-corrected chi connectivity index (χ1v) is 5.55. The molecule has 1 amide bonds. The molecule has 3 atom stereocenters. The molecule has 88 valence electrons. The monoisotopic (exact) mass is 214 g/mol. The number of amides is 1. The molecule has 1 aliphatic rings. The smallest absolute Gasteiger partial charge is 0.225 e. The second-order valence-corrected chi connectivity index (χ2v) is 5.13. The molecule has 0 aromatic heterocycles. The summed E-state index contributed by atoms with van der Waals surface area (Å²) in [5, 5.41) is 15.6. The summed E-state index contributed by atoms with van der Waals surface area (Å²) in [5.74, 6) is 0.441. The van der Waals surface area contributed by atoms with Crippen molar-refractivity contribution < 1.29 is 9.90 Å². The quantitative estimate of drug-likeness (QED) is 0.625. The minimum absolute atomic E-state index is 0.0306. The lowest BCUT2D eigenvalue weighted by molar-refractivity contribution is -0.128. The predicted molar refractivity (Wildman–Crippen MR) is 59.4 cm³/mol. The van der Waals surface area contributed by atoms with Crippen LogP contribution in [0.1, 0.15) is 27.7 Å². The van der Waals surface area contributed by atoms with Crippen LogP contribution in [0.15, 0.2) is 0 Å². The van der Waals surface area contributed by atoms with Crippen molar-refractivity contribution in [2.45, 2.75) is 39.3 Å². The number of hydrogen-bond donors (Lipinski definition) is 3. The molecule has 0 spiro atoms. The van der Waals surface area contributed by atoms with Crippen LogP contribution in [0.4, 0.5) is 0 Å². The predicted octanol–water partition coefficient (Wildman–Crippen LogP) is 0.118. The Balaban J connectivity index is 2.55. The third-order valence-corrected chi connectivity index (χ3v) is 3.34. The Kier molecular flexibility index (Phi) is 3.73. The normalized spacial score (nSPS) is 28.9. The van der Waals surface area contributed by atoms with Gasteiger partial charge in [-0.05, 0) is 33.2 Å². The van der Waals surface area contributed by atoms with Crippen molar-refractivity contribution in [1.29, 1.82) is 0 Å². The SMILES string of the molecule is CC(O)C(C)(C)NC(=O)[C@@H]1CNC[C@H]1C. The number of aliphatic hydroxyl groups excluding tert-OH is 1. The molecule has 1 heterocycles. The summed E-state index contributed by atoms with van der Waals surface area (Å²) in [6.45, 7) is 9.07. The molecule has 0 aromatic carbocycles. The maximum Gasteiger partial charge on any atom is 0.225 e. The highest BCUT2D eigenvalue weighted by atomic mass is 16.3. The van der Waals surface area contributed by atoms with E-state index in [0.717, 1.165) is 13.1 Å². The fourth-order valence-electron chi connectivity index (χ4n) is 1.68. The molecule has 4 heteroatoms. The minimum atomic E-state index is -0.556. The van der Waals surface area contributed by atoms with E-state index >= 15 is 0 Å². The Morgan fingerprint density at radius 1 is 1.53 bits per heavy atom. The van der Waals surface area contributed by atoms with Crippen LogP contribution >= 0.6 is 0 Å². The fraction of sp³-hybridized carbons (Fsp3) is 0.909. The molecule has 1 unspecified atom stereocenters. The van der Waals surface area contributed by atoms with Gasteiger partial charge in [0.05, 0.1) is 17.6 Å². The summed E-state index contributed by atoms with van der Waals surface area (Å²) in [5.41, 5.74) is -0.556. The Bertz CT molecular complexity index is 239. The second-order valence-electron chi connectivity index (χ2n) is 5.13. The van der Waals surface area contributed by atoms with Crippen LogP contribution in [0.5, 0.6) is 0 Å². The molecule has 0 aliphatic carbocycles. The molecule has 15 heavy (non-hydrogen) atoms. The van der Waals surface area contributed by atoms with E-state index in [9.17, 15) is 9.90 Å². The van der Waals surface area contributed by atoms with Crippen molar-refractivity contribution in [2.75, 3.05) is 13.1 Å². The number of carbonyl (C=O) groups excluding carboxylic acids is 1. The Labute approximate surface area is 91.4 Å². The van der Waals surface area contributed by atoms with Crippen molar-refractivity contribution in [3.8, 4) is 0 Å². The zero-order chi connectivity index (χ0) is 11.6. The van der Waals surface area contributed by atoms with Crippen molar-refractivity contribution in [3.05, 3.63) is 0 Å². The van der Waals surface area contributed by atoms with Crippen LogP contribution < -0.4 is 10.6 Å². The van der Waals surface area contributed by atoms with Crippen molar-refractivity contribution in [1.82, 2.24) is 10.6 Å². The molecule has 1 saturated heterocycles. The van der Waals surface area contributed by atoms with Crippen molar-refractivity contribution in [2.24, 2.45) is 11.8 Å². The van der Waals surface area contributed by atoms with Crippen LogP contribution in [-0.2, 0) is 4.79 Å². The fourth-order valence-corrected chi connectivity index (χ4v) is 1.68. The van der Waals surface area contributed by atoms with Gasteiger partial charge in [-0.1, -0.05) is 6.92 Å². The number of rotatable bonds is 3. The molecule has 1 fully saturated rings. The number of hydrogen-bond acceptors (Lipinski definition) is 3. The van der Waals surface area contributed by atoms with Crippen LogP contribution in [0.25, 0.3) is 0 Å². The zero-order valence-corrected chi connectivity index (χ0v) is 10.0. The Morgan fingerprint density at radius 3 is 2.53 bits per heavy atom. The lowest BCUT2D eigenvalue weighted by Crippen LogP contribution is -2.53. The van der Waals surface area contributed by atoms with E-state index in [1.165, 1.54) is 0 Å². The van der Waals surface area contributed by atoms with Gasteiger partial charge in [0, 0.05) is 6.54 Å².